The van der Waals surface area contributed by atoms with E-state index in [2.05, 4.69) is 40.1 Å². The number of rotatable bonds is 4. The molecule has 1 N–H and O–H groups in total. The first-order chi connectivity index (χ1) is 9.08. The molecule has 0 radical (unpaired) electrons. The predicted molar refractivity (Wildman–Crippen MR) is 87.5 cm³/mol. The Morgan fingerprint density at radius 2 is 2.32 bits per heavy atom. The first kappa shape index (κ1) is 14.7. The monoisotopic (exact) mass is 342 g/mol. The summed E-state index contributed by atoms with van der Waals surface area (Å²) in [6.07, 6.45) is 1.20. The van der Waals surface area contributed by atoms with Crippen LogP contribution in [0.4, 0.5) is 5.69 Å². The predicted octanol–water partition coefficient (Wildman–Crippen LogP) is 4.39. The van der Waals surface area contributed by atoms with Crippen LogP contribution >= 0.6 is 27.7 Å². The smallest absolute Gasteiger partial charge is 0.161 e. The molecule has 0 saturated carbocycles. The molecule has 0 saturated heterocycles. The number of nitrogens with zero attached hydrogens (tertiary/aromatic N) is 1. The van der Waals surface area contributed by atoms with E-state index in [4.69, 9.17) is 4.74 Å². The Morgan fingerprint density at radius 1 is 1.53 bits per heavy atom. The number of thioether (sulfide) groups is 1. The summed E-state index contributed by atoms with van der Waals surface area (Å²) < 4.78 is 6.38. The Bertz CT molecular complexity index is 477. The minimum Gasteiger partial charge on any atom is -0.495 e. The Morgan fingerprint density at radius 3 is 3.00 bits per heavy atom. The first-order valence-corrected chi connectivity index (χ1v) is 8.07. The van der Waals surface area contributed by atoms with Crippen LogP contribution in [-0.2, 0) is 0 Å². The van der Waals surface area contributed by atoms with E-state index in [1.165, 1.54) is 6.42 Å². The number of amidine groups is 1. The number of hydrogen-bond acceptors (Lipinski definition) is 4. The fraction of sp³-hybridized carbons (Fsp3) is 0.500. The van der Waals surface area contributed by atoms with Crippen LogP contribution in [0.15, 0.2) is 27.7 Å². The molecular weight excluding hydrogens is 324 g/mol. The molecule has 0 aromatic heterocycles. The van der Waals surface area contributed by atoms with Crippen molar-refractivity contribution in [3.05, 3.63) is 22.7 Å². The third-order valence-electron chi connectivity index (χ3n) is 2.85. The van der Waals surface area contributed by atoms with Crippen molar-refractivity contribution in [2.45, 2.75) is 25.5 Å². The fourth-order valence-corrected chi connectivity index (χ4v) is 3.65. The largest absolute Gasteiger partial charge is 0.495 e. The molecule has 3 nitrogen and oxygen atoms in total. The molecule has 0 spiro atoms. The highest BCUT2D eigenvalue weighted by atomic mass is 79.9. The molecule has 5 heteroatoms. The summed E-state index contributed by atoms with van der Waals surface area (Å²) >= 11 is 5.30. The second-order valence-corrected chi connectivity index (χ2v) is 7.19. The molecule has 1 atom stereocenters. The molecule has 19 heavy (non-hydrogen) atoms. The molecule has 0 bridgehead atoms. The van der Waals surface area contributed by atoms with Crippen LogP contribution in [0.5, 0.6) is 5.75 Å². The molecular formula is C14H19BrN2OS. The zero-order chi connectivity index (χ0) is 13.8. The van der Waals surface area contributed by atoms with Crippen LogP contribution in [0, 0.1) is 5.92 Å². The minimum absolute atomic E-state index is 0.598. The number of benzene rings is 1. The topological polar surface area (TPSA) is 33.6 Å². The van der Waals surface area contributed by atoms with Gasteiger partial charge in [-0.05, 0) is 30.5 Å². The zero-order valence-electron chi connectivity index (χ0n) is 11.4. The van der Waals surface area contributed by atoms with Crippen LogP contribution in [0.25, 0.3) is 0 Å². The number of halogens is 1. The molecule has 2 rings (SSSR count). The molecule has 0 fully saturated rings. The SMILES string of the molecule is COc1ccc(Br)cc1NC1=NCC(CC(C)C)S1. The van der Waals surface area contributed by atoms with Gasteiger partial charge in [0.15, 0.2) is 5.17 Å². The lowest BCUT2D eigenvalue weighted by molar-refractivity contribution is 0.417. The fourth-order valence-electron chi connectivity index (χ4n) is 2.03. The van der Waals surface area contributed by atoms with Gasteiger partial charge in [0, 0.05) is 9.72 Å². The third kappa shape index (κ3) is 4.14. The van der Waals surface area contributed by atoms with Crippen molar-refractivity contribution in [1.82, 2.24) is 0 Å². The van der Waals surface area contributed by atoms with E-state index in [0.717, 1.165) is 27.6 Å². The van der Waals surface area contributed by atoms with E-state index in [-0.39, 0.29) is 0 Å². The van der Waals surface area contributed by atoms with E-state index in [1.54, 1.807) is 7.11 Å². The van der Waals surface area contributed by atoms with E-state index < -0.39 is 0 Å². The second-order valence-electron chi connectivity index (χ2n) is 4.98. The van der Waals surface area contributed by atoms with Crippen LogP contribution in [0.1, 0.15) is 20.3 Å². The number of hydrogen-bond donors (Lipinski definition) is 1. The molecule has 1 aliphatic heterocycles. The second kappa shape index (κ2) is 6.66. The highest BCUT2D eigenvalue weighted by molar-refractivity contribution is 9.10. The number of methoxy groups -OCH3 is 1. The summed E-state index contributed by atoms with van der Waals surface area (Å²) in [6, 6.07) is 5.92. The van der Waals surface area contributed by atoms with Crippen LogP contribution in [-0.4, -0.2) is 24.1 Å². The Hall–Kier alpha value is -0.680. The maximum absolute atomic E-state index is 5.35. The molecule has 1 aromatic rings. The van der Waals surface area contributed by atoms with Crippen LogP contribution in [0.3, 0.4) is 0 Å². The van der Waals surface area contributed by atoms with Crippen molar-refractivity contribution >= 4 is 38.5 Å². The highest BCUT2D eigenvalue weighted by Gasteiger charge is 2.21. The molecule has 0 amide bonds. The summed E-state index contributed by atoms with van der Waals surface area (Å²) in [7, 11) is 1.68. The zero-order valence-corrected chi connectivity index (χ0v) is 13.8. The number of anilines is 1. The number of nitrogens with one attached hydrogen (secondary N) is 1. The van der Waals surface area contributed by atoms with E-state index in [1.807, 2.05) is 30.0 Å². The van der Waals surface area contributed by atoms with Gasteiger partial charge in [0.25, 0.3) is 0 Å². The summed E-state index contributed by atoms with van der Waals surface area (Å²) in [5.41, 5.74) is 0.952. The average Bonchev–Trinajstić information content (AvgIpc) is 2.76. The van der Waals surface area contributed by atoms with Gasteiger partial charge in [0.1, 0.15) is 5.75 Å². The maximum atomic E-state index is 5.35. The van der Waals surface area contributed by atoms with Gasteiger partial charge in [0.2, 0.25) is 0 Å². The lowest BCUT2D eigenvalue weighted by Crippen LogP contribution is -2.10. The van der Waals surface area contributed by atoms with E-state index in [9.17, 15) is 0 Å². The van der Waals surface area contributed by atoms with Gasteiger partial charge in [-0.15, -0.1) is 0 Å². The van der Waals surface area contributed by atoms with Crippen LogP contribution < -0.4 is 10.1 Å². The van der Waals surface area contributed by atoms with Gasteiger partial charge in [-0.3, -0.25) is 4.99 Å². The molecule has 104 valence electrons. The molecule has 1 unspecified atom stereocenters. The highest BCUT2D eigenvalue weighted by Crippen LogP contribution is 2.32. The van der Waals surface area contributed by atoms with Crippen molar-refractivity contribution in [2.75, 3.05) is 19.0 Å². The molecule has 1 heterocycles. The van der Waals surface area contributed by atoms with Gasteiger partial charge in [-0.2, -0.15) is 0 Å². The van der Waals surface area contributed by atoms with Gasteiger partial charge in [0.05, 0.1) is 19.3 Å². The van der Waals surface area contributed by atoms with Crippen molar-refractivity contribution in [3.63, 3.8) is 0 Å². The Labute approximate surface area is 127 Å². The summed E-state index contributed by atoms with van der Waals surface area (Å²) in [5.74, 6) is 1.55. The number of ether oxygens (including phenoxy) is 1. The molecule has 1 aromatic carbocycles. The average molecular weight is 343 g/mol. The third-order valence-corrected chi connectivity index (χ3v) is 4.48. The maximum Gasteiger partial charge on any atom is 0.161 e. The first-order valence-electron chi connectivity index (χ1n) is 6.40. The van der Waals surface area contributed by atoms with Gasteiger partial charge >= 0.3 is 0 Å². The molecule has 0 aliphatic carbocycles. The lowest BCUT2D eigenvalue weighted by atomic mass is 10.1. The quantitative estimate of drug-likeness (QED) is 0.880. The minimum atomic E-state index is 0.598. The van der Waals surface area contributed by atoms with Gasteiger partial charge in [-0.1, -0.05) is 41.5 Å². The van der Waals surface area contributed by atoms with Crippen molar-refractivity contribution < 1.29 is 4.74 Å². The van der Waals surface area contributed by atoms with Crippen molar-refractivity contribution in [3.8, 4) is 5.75 Å². The van der Waals surface area contributed by atoms with Crippen molar-refractivity contribution in [2.24, 2.45) is 10.9 Å². The summed E-state index contributed by atoms with van der Waals surface area (Å²) in [4.78, 5) is 4.57. The van der Waals surface area contributed by atoms with E-state index >= 15 is 0 Å². The standard InChI is InChI=1S/C14H19BrN2OS/c1-9(2)6-11-8-16-14(19-11)17-12-7-10(15)4-5-13(12)18-3/h4-5,7,9,11H,6,8H2,1-3H3,(H,16,17). The summed E-state index contributed by atoms with van der Waals surface area (Å²) in [5, 5.41) is 4.95. The van der Waals surface area contributed by atoms with Crippen molar-refractivity contribution in [1.29, 1.82) is 0 Å². The summed E-state index contributed by atoms with van der Waals surface area (Å²) in [6.45, 7) is 5.41. The lowest BCUT2D eigenvalue weighted by Gasteiger charge is -2.13. The normalized spacial score (nSPS) is 18.6. The number of aliphatic imine (C=N–C) groups is 1. The van der Waals surface area contributed by atoms with Gasteiger partial charge in [-0.25, -0.2) is 0 Å². The molecule has 1 aliphatic rings. The van der Waals surface area contributed by atoms with Gasteiger partial charge < -0.3 is 10.1 Å². The van der Waals surface area contributed by atoms with Crippen LogP contribution in [0.2, 0.25) is 0 Å². The Kier molecular flexibility index (Phi) is 5.16. The Balaban J connectivity index is 2.01. The van der Waals surface area contributed by atoms with E-state index in [0.29, 0.717) is 11.2 Å².